The summed E-state index contributed by atoms with van der Waals surface area (Å²) < 4.78 is 0.798. The molecule has 1 rings (SSSR count). The van der Waals surface area contributed by atoms with Crippen molar-refractivity contribution < 1.29 is 9.59 Å². The number of carbonyl (C=O) groups is 2. The van der Waals surface area contributed by atoms with Gasteiger partial charge in [-0.1, -0.05) is 13.8 Å². The van der Waals surface area contributed by atoms with E-state index in [1.165, 1.54) is 0 Å². The van der Waals surface area contributed by atoms with E-state index in [0.29, 0.717) is 12.5 Å². The van der Waals surface area contributed by atoms with E-state index < -0.39 is 6.04 Å². The summed E-state index contributed by atoms with van der Waals surface area (Å²) in [5.74, 6) is -0.182. The lowest BCUT2D eigenvalue weighted by Gasteiger charge is -2.14. The number of pyridine rings is 1. The van der Waals surface area contributed by atoms with Crippen molar-refractivity contribution >= 4 is 27.7 Å². The van der Waals surface area contributed by atoms with Gasteiger partial charge in [0, 0.05) is 17.2 Å². The average Bonchev–Trinajstić information content (AvgIpc) is 2.36. The van der Waals surface area contributed by atoms with E-state index in [-0.39, 0.29) is 17.5 Å². The highest BCUT2D eigenvalue weighted by molar-refractivity contribution is 9.10. The van der Waals surface area contributed by atoms with E-state index in [1.54, 1.807) is 25.3 Å². The van der Waals surface area contributed by atoms with Gasteiger partial charge in [-0.25, -0.2) is 4.98 Å². The monoisotopic (exact) mass is 327 g/mol. The Labute approximate surface area is 121 Å². The molecule has 2 N–H and O–H groups in total. The first kappa shape index (κ1) is 15.6. The molecule has 1 atom stereocenters. The van der Waals surface area contributed by atoms with Crippen LogP contribution in [-0.4, -0.2) is 29.4 Å². The third kappa shape index (κ3) is 5.38. The van der Waals surface area contributed by atoms with Crippen molar-refractivity contribution in [2.24, 2.45) is 5.92 Å². The molecule has 0 aliphatic rings. The fraction of sp³-hybridized carbons (Fsp3) is 0.462. The number of halogens is 1. The molecule has 0 aliphatic heterocycles. The minimum absolute atomic E-state index is 0.195. The molecule has 2 amide bonds. The van der Waals surface area contributed by atoms with Crippen LogP contribution >= 0.6 is 15.9 Å². The van der Waals surface area contributed by atoms with Crippen molar-refractivity contribution in [2.45, 2.75) is 26.8 Å². The van der Waals surface area contributed by atoms with Crippen LogP contribution in [0.5, 0.6) is 0 Å². The van der Waals surface area contributed by atoms with Gasteiger partial charge in [-0.15, -0.1) is 0 Å². The summed E-state index contributed by atoms with van der Waals surface area (Å²) in [6, 6.07) is 2.74. The molecule has 1 aromatic heterocycles. The molecule has 0 aliphatic carbocycles. The molecule has 0 spiro atoms. The van der Waals surface area contributed by atoms with Gasteiger partial charge in [-0.2, -0.15) is 0 Å². The summed E-state index contributed by atoms with van der Waals surface area (Å²) in [5, 5.41) is 5.38. The van der Waals surface area contributed by atoms with Gasteiger partial charge in [-0.3, -0.25) is 9.59 Å². The molecule has 0 bridgehead atoms. The maximum atomic E-state index is 11.8. The molecule has 104 valence electrons. The Bertz CT molecular complexity index is 446. The molecule has 6 heteroatoms. The number of nitrogens with zero attached hydrogens (tertiary/aromatic N) is 1. The van der Waals surface area contributed by atoms with Gasteiger partial charge in [0.1, 0.15) is 11.7 Å². The predicted molar refractivity (Wildman–Crippen MR) is 76.7 cm³/mol. The van der Waals surface area contributed by atoms with Crippen LogP contribution in [0.1, 0.15) is 31.3 Å². The van der Waals surface area contributed by atoms with Crippen LogP contribution in [0.3, 0.4) is 0 Å². The summed E-state index contributed by atoms with van der Waals surface area (Å²) in [7, 11) is 0. The topological polar surface area (TPSA) is 71.1 Å². The third-order valence-corrected chi connectivity index (χ3v) is 2.85. The lowest BCUT2D eigenvalue weighted by Crippen LogP contribution is -2.45. The normalized spacial score (nSPS) is 12.1. The zero-order valence-electron chi connectivity index (χ0n) is 11.2. The molecule has 1 heterocycles. The first-order valence-electron chi connectivity index (χ1n) is 6.10. The third-order valence-electron chi connectivity index (χ3n) is 2.39. The lowest BCUT2D eigenvalue weighted by atomic mass is 10.2. The van der Waals surface area contributed by atoms with Crippen LogP contribution in [0.15, 0.2) is 22.8 Å². The standard InChI is InChI=1S/C13H18BrN3O2/c1-8(2)6-16-12(18)9(3)17-13(19)11-5-4-10(14)7-15-11/h4-5,7-9H,6H2,1-3H3,(H,16,18)(H,17,19). The number of hydrogen-bond donors (Lipinski definition) is 2. The SMILES string of the molecule is CC(C)CNC(=O)C(C)NC(=O)c1ccc(Br)cn1. The van der Waals surface area contributed by atoms with Gasteiger partial charge in [0.25, 0.3) is 5.91 Å². The first-order valence-corrected chi connectivity index (χ1v) is 6.89. The van der Waals surface area contributed by atoms with Crippen LogP contribution in [-0.2, 0) is 4.79 Å². The van der Waals surface area contributed by atoms with Gasteiger partial charge in [-0.05, 0) is 40.9 Å². The molecule has 0 saturated carbocycles. The minimum Gasteiger partial charge on any atom is -0.354 e. The molecule has 1 unspecified atom stereocenters. The van der Waals surface area contributed by atoms with E-state index in [0.717, 1.165) is 4.47 Å². The van der Waals surface area contributed by atoms with Crippen molar-refractivity contribution in [3.8, 4) is 0 Å². The average molecular weight is 328 g/mol. The maximum absolute atomic E-state index is 11.8. The van der Waals surface area contributed by atoms with Gasteiger partial charge in [0.15, 0.2) is 0 Å². The van der Waals surface area contributed by atoms with E-state index in [2.05, 4.69) is 31.5 Å². The second-order valence-electron chi connectivity index (χ2n) is 4.70. The maximum Gasteiger partial charge on any atom is 0.270 e. The van der Waals surface area contributed by atoms with Crippen LogP contribution in [0.25, 0.3) is 0 Å². The number of carbonyl (C=O) groups excluding carboxylic acids is 2. The first-order chi connectivity index (χ1) is 8.90. The van der Waals surface area contributed by atoms with Crippen molar-refractivity contribution in [1.29, 1.82) is 0 Å². The summed E-state index contributed by atoms with van der Waals surface area (Å²) in [6.45, 7) is 6.26. The Morgan fingerprint density at radius 2 is 2.00 bits per heavy atom. The van der Waals surface area contributed by atoms with Gasteiger partial charge in [0.2, 0.25) is 5.91 Å². The molecule has 0 radical (unpaired) electrons. The Hall–Kier alpha value is -1.43. The number of amides is 2. The fourth-order valence-electron chi connectivity index (χ4n) is 1.30. The molecule has 5 nitrogen and oxygen atoms in total. The number of rotatable bonds is 5. The number of hydrogen-bond acceptors (Lipinski definition) is 3. The van der Waals surface area contributed by atoms with E-state index in [4.69, 9.17) is 0 Å². The number of aromatic nitrogens is 1. The van der Waals surface area contributed by atoms with Gasteiger partial charge >= 0.3 is 0 Å². The highest BCUT2D eigenvalue weighted by Gasteiger charge is 2.17. The summed E-state index contributed by atoms with van der Waals surface area (Å²) in [4.78, 5) is 27.5. The zero-order valence-corrected chi connectivity index (χ0v) is 12.8. The van der Waals surface area contributed by atoms with Crippen molar-refractivity contribution in [3.63, 3.8) is 0 Å². The molecule has 1 aromatic rings. The highest BCUT2D eigenvalue weighted by atomic mass is 79.9. The van der Waals surface area contributed by atoms with Crippen LogP contribution in [0.2, 0.25) is 0 Å². The fourth-order valence-corrected chi connectivity index (χ4v) is 1.54. The summed E-state index contributed by atoms with van der Waals surface area (Å²) >= 11 is 3.24. The summed E-state index contributed by atoms with van der Waals surface area (Å²) in [5.41, 5.74) is 0.284. The Morgan fingerprint density at radius 3 is 2.53 bits per heavy atom. The van der Waals surface area contributed by atoms with E-state index in [1.807, 2.05) is 13.8 Å². The molecular weight excluding hydrogens is 310 g/mol. The number of nitrogens with one attached hydrogen (secondary N) is 2. The Morgan fingerprint density at radius 1 is 1.32 bits per heavy atom. The molecule has 19 heavy (non-hydrogen) atoms. The van der Waals surface area contributed by atoms with Crippen molar-refractivity contribution in [2.75, 3.05) is 6.54 Å². The highest BCUT2D eigenvalue weighted by Crippen LogP contribution is 2.07. The lowest BCUT2D eigenvalue weighted by molar-refractivity contribution is -0.122. The Kier molecular flexibility index (Phi) is 5.95. The second-order valence-corrected chi connectivity index (χ2v) is 5.61. The van der Waals surface area contributed by atoms with Gasteiger partial charge < -0.3 is 10.6 Å². The molecular formula is C13H18BrN3O2. The Balaban J connectivity index is 2.51. The van der Waals surface area contributed by atoms with Crippen molar-refractivity contribution in [1.82, 2.24) is 15.6 Å². The quantitative estimate of drug-likeness (QED) is 0.865. The summed E-state index contributed by atoms with van der Waals surface area (Å²) in [6.07, 6.45) is 1.54. The molecule has 0 saturated heterocycles. The molecule has 0 aromatic carbocycles. The largest absolute Gasteiger partial charge is 0.354 e. The molecule has 0 fully saturated rings. The van der Waals surface area contributed by atoms with E-state index >= 15 is 0 Å². The zero-order chi connectivity index (χ0) is 14.4. The van der Waals surface area contributed by atoms with Crippen molar-refractivity contribution in [3.05, 3.63) is 28.5 Å². The van der Waals surface area contributed by atoms with Crippen LogP contribution in [0.4, 0.5) is 0 Å². The van der Waals surface area contributed by atoms with Gasteiger partial charge in [0.05, 0.1) is 0 Å². The van der Waals surface area contributed by atoms with E-state index in [9.17, 15) is 9.59 Å². The predicted octanol–water partition coefficient (Wildman–Crippen LogP) is 1.73. The van der Waals surface area contributed by atoms with Crippen LogP contribution < -0.4 is 10.6 Å². The van der Waals surface area contributed by atoms with Crippen LogP contribution in [0, 0.1) is 5.92 Å². The second kappa shape index (κ2) is 7.23. The smallest absolute Gasteiger partial charge is 0.270 e. The minimum atomic E-state index is -0.586.